The van der Waals surface area contributed by atoms with E-state index in [0.29, 0.717) is 19.1 Å². The summed E-state index contributed by atoms with van der Waals surface area (Å²) in [5.74, 6) is 0.00827. The predicted octanol–water partition coefficient (Wildman–Crippen LogP) is -0.262. The lowest BCUT2D eigenvalue weighted by molar-refractivity contribution is -0.126. The molecular weight excluding hydrogens is 194 g/mol. The molecule has 1 saturated heterocycles. The minimum atomic E-state index is 0.00827. The molecule has 0 aromatic heterocycles. The molecule has 0 bridgehead atoms. The van der Waals surface area contributed by atoms with Gasteiger partial charge >= 0.3 is 0 Å². The molecule has 0 unspecified atom stereocenters. The number of hydrazine groups is 1. The Morgan fingerprint density at radius 2 is 2.13 bits per heavy atom. The van der Waals surface area contributed by atoms with Gasteiger partial charge in [-0.15, -0.1) is 0 Å². The molecule has 0 radical (unpaired) electrons. The summed E-state index contributed by atoms with van der Waals surface area (Å²) in [6.45, 7) is 2.56. The molecule has 0 atom stereocenters. The van der Waals surface area contributed by atoms with Crippen molar-refractivity contribution < 1.29 is 9.53 Å². The zero-order valence-electron chi connectivity index (χ0n) is 9.58. The number of carbonyl (C=O) groups is 1. The lowest BCUT2D eigenvalue weighted by Crippen LogP contribution is -2.37. The molecule has 5 nitrogen and oxygen atoms in total. The number of carbonyl (C=O) groups excluding carboxylic acids is 1. The van der Waals surface area contributed by atoms with Crippen LogP contribution in [0.5, 0.6) is 0 Å². The van der Waals surface area contributed by atoms with E-state index in [-0.39, 0.29) is 5.91 Å². The van der Waals surface area contributed by atoms with Crippen molar-refractivity contribution >= 4 is 5.91 Å². The van der Waals surface area contributed by atoms with Crippen LogP contribution in [0.25, 0.3) is 0 Å². The Balaban J connectivity index is 2.02. The number of rotatable bonds is 5. The molecular formula is C10H21N3O2. The molecule has 0 spiro atoms. The van der Waals surface area contributed by atoms with Crippen molar-refractivity contribution in [2.75, 3.05) is 33.8 Å². The van der Waals surface area contributed by atoms with Crippen LogP contribution >= 0.6 is 0 Å². The smallest absolute Gasteiger partial charge is 0.236 e. The summed E-state index contributed by atoms with van der Waals surface area (Å²) in [6.07, 6.45) is 2.87. The predicted molar refractivity (Wildman–Crippen MR) is 58.3 cm³/mol. The fourth-order valence-electron chi connectivity index (χ4n) is 1.59. The molecule has 2 N–H and O–H groups in total. The number of amides is 1. The largest absolute Gasteiger partial charge is 0.378 e. The second-order valence-corrected chi connectivity index (χ2v) is 4.00. The summed E-state index contributed by atoms with van der Waals surface area (Å²) in [4.78, 5) is 11.3. The van der Waals surface area contributed by atoms with E-state index in [1.165, 1.54) is 0 Å². The molecule has 1 aliphatic heterocycles. The monoisotopic (exact) mass is 215 g/mol. The highest BCUT2D eigenvalue weighted by molar-refractivity contribution is 5.75. The van der Waals surface area contributed by atoms with Crippen molar-refractivity contribution in [3.05, 3.63) is 0 Å². The Hall–Kier alpha value is -0.650. The summed E-state index contributed by atoms with van der Waals surface area (Å²) in [5.41, 5.74) is 2.68. The molecule has 15 heavy (non-hydrogen) atoms. The van der Waals surface area contributed by atoms with Gasteiger partial charge in [0.25, 0.3) is 0 Å². The Labute approximate surface area is 91.1 Å². The highest BCUT2D eigenvalue weighted by atomic mass is 16.5. The molecule has 0 aromatic carbocycles. The molecule has 1 rings (SSSR count). The summed E-state index contributed by atoms with van der Waals surface area (Å²) in [7, 11) is 3.59. The molecule has 1 fully saturated rings. The van der Waals surface area contributed by atoms with Crippen LogP contribution in [-0.4, -0.2) is 50.8 Å². The molecule has 0 saturated carbocycles. The number of nitrogens with one attached hydrogen (secondary N) is 2. The van der Waals surface area contributed by atoms with Gasteiger partial charge in [-0.1, -0.05) is 0 Å². The van der Waals surface area contributed by atoms with Crippen molar-refractivity contribution in [3.63, 3.8) is 0 Å². The topological polar surface area (TPSA) is 53.6 Å². The molecule has 1 amide bonds. The van der Waals surface area contributed by atoms with Crippen molar-refractivity contribution in [1.29, 1.82) is 0 Å². The summed E-state index contributed by atoms with van der Waals surface area (Å²) in [6, 6.07) is 0. The maximum absolute atomic E-state index is 11.3. The zero-order valence-corrected chi connectivity index (χ0v) is 9.58. The van der Waals surface area contributed by atoms with Crippen LogP contribution in [0.15, 0.2) is 0 Å². The van der Waals surface area contributed by atoms with Gasteiger partial charge in [-0.25, -0.2) is 5.01 Å². The molecule has 0 aromatic rings. The van der Waals surface area contributed by atoms with E-state index in [1.54, 1.807) is 19.1 Å². The molecule has 0 aliphatic carbocycles. The number of hydrogen-bond donors (Lipinski definition) is 2. The first-order valence-corrected chi connectivity index (χ1v) is 5.47. The van der Waals surface area contributed by atoms with Gasteiger partial charge in [0.05, 0.1) is 19.1 Å². The fraction of sp³-hybridized carbons (Fsp3) is 0.900. The van der Waals surface area contributed by atoms with E-state index in [0.717, 1.165) is 25.9 Å². The van der Waals surface area contributed by atoms with Gasteiger partial charge in [0.2, 0.25) is 5.91 Å². The van der Waals surface area contributed by atoms with Crippen LogP contribution in [0.1, 0.15) is 19.3 Å². The van der Waals surface area contributed by atoms with Crippen molar-refractivity contribution in [1.82, 2.24) is 15.8 Å². The summed E-state index contributed by atoms with van der Waals surface area (Å²) in [5, 5.41) is 4.92. The zero-order chi connectivity index (χ0) is 11.1. The van der Waals surface area contributed by atoms with Crippen LogP contribution in [0.3, 0.4) is 0 Å². The number of piperidine rings is 1. The standard InChI is InChI=1S/C10H21N3O2/c1-13(2)12-10(14)5-8-15-9-3-6-11-7-4-9/h9,11H,3-8H2,1-2H3,(H,12,14). The first kappa shape index (κ1) is 12.4. The van der Waals surface area contributed by atoms with Crippen molar-refractivity contribution in [2.24, 2.45) is 0 Å². The minimum absolute atomic E-state index is 0.00827. The SMILES string of the molecule is CN(C)NC(=O)CCOC1CCNCC1. The van der Waals surface area contributed by atoms with Gasteiger partial charge in [-0.05, 0) is 25.9 Å². The third kappa shape index (κ3) is 5.71. The third-order valence-corrected chi connectivity index (χ3v) is 2.32. The van der Waals surface area contributed by atoms with Crippen LogP contribution in [0.2, 0.25) is 0 Å². The van der Waals surface area contributed by atoms with Gasteiger partial charge in [0.15, 0.2) is 0 Å². The van der Waals surface area contributed by atoms with Gasteiger partial charge in [0, 0.05) is 14.1 Å². The lowest BCUT2D eigenvalue weighted by Gasteiger charge is -2.22. The molecule has 5 heteroatoms. The minimum Gasteiger partial charge on any atom is -0.378 e. The highest BCUT2D eigenvalue weighted by Gasteiger charge is 2.13. The van der Waals surface area contributed by atoms with Gasteiger partial charge < -0.3 is 10.1 Å². The first-order chi connectivity index (χ1) is 7.18. The Morgan fingerprint density at radius 3 is 2.73 bits per heavy atom. The Bertz CT molecular complexity index is 191. The maximum Gasteiger partial charge on any atom is 0.236 e. The summed E-state index contributed by atoms with van der Waals surface area (Å²) >= 11 is 0. The fourth-order valence-corrected chi connectivity index (χ4v) is 1.59. The number of nitrogens with zero attached hydrogens (tertiary/aromatic N) is 1. The van der Waals surface area contributed by atoms with Gasteiger partial charge in [-0.3, -0.25) is 10.2 Å². The van der Waals surface area contributed by atoms with E-state index < -0.39 is 0 Å². The van der Waals surface area contributed by atoms with E-state index in [4.69, 9.17) is 4.74 Å². The quantitative estimate of drug-likeness (QED) is 0.620. The average molecular weight is 215 g/mol. The highest BCUT2D eigenvalue weighted by Crippen LogP contribution is 2.07. The third-order valence-electron chi connectivity index (χ3n) is 2.32. The lowest BCUT2D eigenvalue weighted by atomic mass is 10.1. The van der Waals surface area contributed by atoms with Crippen LogP contribution < -0.4 is 10.7 Å². The van der Waals surface area contributed by atoms with Crippen LogP contribution in [-0.2, 0) is 9.53 Å². The molecule has 1 heterocycles. The number of ether oxygens (including phenoxy) is 1. The normalized spacial score (nSPS) is 18.1. The summed E-state index contributed by atoms with van der Waals surface area (Å²) < 4.78 is 5.62. The van der Waals surface area contributed by atoms with Gasteiger partial charge in [0.1, 0.15) is 0 Å². The Kier molecular flexibility index (Phi) is 5.60. The Morgan fingerprint density at radius 1 is 1.47 bits per heavy atom. The van der Waals surface area contributed by atoms with E-state index in [9.17, 15) is 4.79 Å². The van der Waals surface area contributed by atoms with E-state index in [2.05, 4.69) is 10.7 Å². The second-order valence-electron chi connectivity index (χ2n) is 4.00. The average Bonchev–Trinajstić information content (AvgIpc) is 2.18. The first-order valence-electron chi connectivity index (χ1n) is 5.47. The van der Waals surface area contributed by atoms with Crippen LogP contribution in [0.4, 0.5) is 0 Å². The maximum atomic E-state index is 11.3. The van der Waals surface area contributed by atoms with E-state index in [1.807, 2.05) is 0 Å². The second kappa shape index (κ2) is 6.76. The number of hydrogen-bond acceptors (Lipinski definition) is 4. The molecule has 88 valence electrons. The van der Waals surface area contributed by atoms with Crippen LogP contribution in [0, 0.1) is 0 Å². The van der Waals surface area contributed by atoms with Gasteiger partial charge in [-0.2, -0.15) is 0 Å². The molecule has 1 aliphatic rings. The van der Waals surface area contributed by atoms with Crippen molar-refractivity contribution in [2.45, 2.75) is 25.4 Å². The van der Waals surface area contributed by atoms with Crippen molar-refractivity contribution in [3.8, 4) is 0 Å². The van der Waals surface area contributed by atoms with E-state index >= 15 is 0 Å².